The normalized spacial score (nSPS) is 12.2. The highest BCUT2D eigenvalue weighted by atomic mass is 16.6. The average Bonchev–Trinajstić information content (AvgIpc) is 3.00. The minimum atomic E-state index is -0.889. The smallest absolute Gasteiger partial charge is 0.308 e. The zero-order chi connectivity index (χ0) is 33.5. The van der Waals surface area contributed by atoms with Crippen molar-refractivity contribution in [3.05, 3.63) is 102 Å². The van der Waals surface area contributed by atoms with E-state index in [-0.39, 0.29) is 36.5 Å². The monoisotopic (exact) mass is 622 g/mol. The first kappa shape index (κ1) is 33.8. The minimum Gasteiger partial charge on any atom is -0.508 e. The zero-order valence-electron chi connectivity index (χ0n) is 27.3. The molecule has 0 aliphatic carbocycles. The molecule has 0 bridgehead atoms. The summed E-state index contributed by atoms with van der Waals surface area (Å²) in [6, 6.07) is 20.8. The number of esters is 1. The molecule has 9 nitrogen and oxygen atoms in total. The molecule has 0 unspecified atom stereocenters. The van der Waals surface area contributed by atoms with Gasteiger partial charge in [-0.15, -0.1) is 0 Å². The third kappa shape index (κ3) is 9.72. The predicted molar refractivity (Wildman–Crippen MR) is 178 cm³/mol. The van der Waals surface area contributed by atoms with E-state index in [1.165, 1.54) is 0 Å². The molecule has 1 atom stereocenters. The van der Waals surface area contributed by atoms with Crippen LogP contribution in [-0.2, 0) is 26.2 Å². The highest BCUT2D eigenvalue weighted by Crippen LogP contribution is 2.24. The fourth-order valence-corrected chi connectivity index (χ4v) is 4.68. The molecule has 2 amide bonds. The molecule has 0 saturated heterocycles. The van der Waals surface area contributed by atoms with E-state index >= 15 is 0 Å². The molecule has 0 fully saturated rings. The van der Waals surface area contributed by atoms with E-state index in [9.17, 15) is 19.5 Å². The number of nitrogens with zero attached hydrogens (tertiary/aromatic N) is 2. The number of ether oxygens (including phenoxy) is 1. The first-order valence-corrected chi connectivity index (χ1v) is 15.3. The molecule has 0 aliphatic rings. The van der Waals surface area contributed by atoms with Gasteiger partial charge in [0.2, 0.25) is 5.91 Å². The van der Waals surface area contributed by atoms with Crippen LogP contribution in [0.4, 0.5) is 0 Å². The van der Waals surface area contributed by atoms with Crippen molar-refractivity contribution in [3.8, 4) is 28.3 Å². The summed E-state index contributed by atoms with van der Waals surface area (Å²) in [6.07, 6.45) is 3.69. The fourth-order valence-electron chi connectivity index (χ4n) is 4.68. The van der Waals surface area contributed by atoms with Gasteiger partial charge in [-0.3, -0.25) is 14.4 Å². The number of rotatable bonds is 10. The highest BCUT2D eigenvalue weighted by Gasteiger charge is 2.24. The Labute approximate surface area is 270 Å². The van der Waals surface area contributed by atoms with Crippen molar-refractivity contribution in [1.82, 2.24) is 20.6 Å². The maximum Gasteiger partial charge on any atom is 0.308 e. The third-order valence-corrected chi connectivity index (χ3v) is 7.19. The van der Waals surface area contributed by atoms with E-state index in [0.717, 1.165) is 27.8 Å². The third-order valence-electron chi connectivity index (χ3n) is 7.19. The second kappa shape index (κ2) is 14.4. The number of benzene rings is 3. The van der Waals surface area contributed by atoms with Crippen LogP contribution in [0.25, 0.3) is 22.5 Å². The molecule has 46 heavy (non-hydrogen) atoms. The second-order valence-corrected chi connectivity index (χ2v) is 13.2. The number of nitrogens with one attached hydrogen (secondary N) is 2. The molecular formula is C37H42N4O5. The number of phenols is 1. The van der Waals surface area contributed by atoms with Crippen LogP contribution in [0.3, 0.4) is 0 Å². The van der Waals surface area contributed by atoms with Gasteiger partial charge >= 0.3 is 5.97 Å². The van der Waals surface area contributed by atoms with Gasteiger partial charge in [0, 0.05) is 42.0 Å². The lowest BCUT2D eigenvalue weighted by molar-refractivity contribution is -0.154. The number of carbonyl (C=O) groups is 3. The van der Waals surface area contributed by atoms with Crippen molar-refractivity contribution in [2.75, 3.05) is 6.54 Å². The Hall–Kier alpha value is -5.05. The van der Waals surface area contributed by atoms with Gasteiger partial charge in [-0.2, -0.15) is 0 Å². The molecule has 3 aromatic carbocycles. The quantitative estimate of drug-likeness (QED) is 0.185. The molecule has 4 aromatic rings. The summed E-state index contributed by atoms with van der Waals surface area (Å²) in [6.45, 7) is 11.7. The van der Waals surface area contributed by atoms with Gasteiger partial charge in [-0.05, 0) is 67.1 Å². The summed E-state index contributed by atoms with van der Waals surface area (Å²) in [5.41, 5.74) is 4.20. The standard InChI is InChI=1S/C37H42N4O5/c1-36(2,3)29-15-11-27(12-16-29)34(44)41-31(35(45)38-20-19-32(43)46-37(4,5)6)21-24-7-9-26(10-8-24)33-39-22-28(23-40-33)25-13-17-30(42)18-14-25/h7-18,22-23,31,42H,19-21H2,1-6H3,(H,38,45)(H,41,44)/t31-/m0/s1. The van der Waals surface area contributed by atoms with Crippen LogP contribution in [0, 0.1) is 0 Å². The van der Waals surface area contributed by atoms with Gasteiger partial charge in [0.15, 0.2) is 5.82 Å². The van der Waals surface area contributed by atoms with Crippen molar-refractivity contribution in [2.45, 2.75) is 71.4 Å². The molecule has 0 spiro atoms. The summed E-state index contributed by atoms with van der Waals surface area (Å²) >= 11 is 0. The first-order chi connectivity index (χ1) is 21.7. The van der Waals surface area contributed by atoms with Gasteiger partial charge in [0.05, 0.1) is 6.42 Å². The van der Waals surface area contributed by atoms with Gasteiger partial charge < -0.3 is 20.5 Å². The summed E-state index contributed by atoms with van der Waals surface area (Å²) in [4.78, 5) is 47.7. The number of aromatic nitrogens is 2. The summed E-state index contributed by atoms with van der Waals surface area (Å²) in [5, 5.41) is 15.2. The number of aromatic hydroxyl groups is 1. The van der Waals surface area contributed by atoms with Crippen molar-refractivity contribution in [2.24, 2.45) is 0 Å². The Balaban J connectivity index is 1.46. The van der Waals surface area contributed by atoms with E-state index in [1.807, 2.05) is 36.4 Å². The van der Waals surface area contributed by atoms with Gasteiger partial charge in [0.1, 0.15) is 17.4 Å². The lowest BCUT2D eigenvalue weighted by Crippen LogP contribution is -2.48. The molecule has 1 heterocycles. The lowest BCUT2D eigenvalue weighted by Gasteiger charge is -2.21. The van der Waals surface area contributed by atoms with E-state index in [4.69, 9.17) is 4.74 Å². The largest absolute Gasteiger partial charge is 0.508 e. The average molecular weight is 623 g/mol. The van der Waals surface area contributed by atoms with E-state index in [2.05, 4.69) is 41.4 Å². The van der Waals surface area contributed by atoms with Crippen molar-refractivity contribution in [3.63, 3.8) is 0 Å². The molecular weight excluding hydrogens is 580 g/mol. The SMILES string of the molecule is CC(C)(C)OC(=O)CCNC(=O)[C@H](Cc1ccc(-c2ncc(-c3ccc(O)cc3)cn2)cc1)NC(=O)c1ccc(C(C)(C)C)cc1. The number of amides is 2. The molecule has 1 aromatic heterocycles. The Kier molecular flexibility index (Phi) is 10.6. The topological polar surface area (TPSA) is 131 Å². The molecule has 4 rings (SSSR count). The molecule has 0 aliphatic heterocycles. The van der Waals surface area contributed by atoms with E-state index < -0.39 is 23.5 Å². The minimum absolute atomic E-state index is 0.0121. The van der Waals surface area contributed by atoms with Crippen molar-refractivity contribution >= 4 is 17.8 Å². The van der Waals surface area contributed by atoms with Crippen LogP contribution < -0.4 is 10.6 Å². The lowest BCUT2D eigenvalue weighted by atomic mass is 9.86. The maximum absolute atomic E-state index is 13.3. The second-order valence-electron chi connectivity index (χ2n) is 13.2. The number of carbonyl (C=O) groups excluding carboxylic acids is 3. The molecule has 3 N–H and O–H groups in total. The van der Waals surface area contributed by atoms with Crippen molar-refractivity contribution < 1.29 is 24.2 Å². The molecule has 240 valence electrons. The number of hydrogen-bond donors (Lipinski definition) is 3. The Morgan fingerprint density at radius 1 is 0.783 bits per heavy atom. The number of hydrogen-bond acceptors (Lipinski definition) is 7. The molecule has 9 heteroatoms. The summed E-state index contributed by atoms with van der Waals surface area (Å²) < 4.78 is 5.33. The van der Waals surface area contributed by atoms with Crippen LogP contribution in [0.5, 0.6) is 5.75 Å². The summed E-state index contributed by atoms with van der Waals surface area (Å²) in [5.74, 6) is -0.457. The van der Waals surface area contributed by atoms with Gasteiger partial charge in [0.25, 0.3) is 5.91 Å². The molecule has 0 radical (unpaired) electrons. The van der Waals surface area contributed by atoms with Crippen LogP contribution in [-0.4, -0.2) is 51.0 Å². The van der Waals surface area contributed by atoms with Gasteiger partial charge in [-0.1, -0.05) is 69.3 Å². The van der Waals surface area contributed by atoms with Crippen molar-refractivity contribution in [1.29, 1.82) is 0 Å². The highest BCUT2D eigenvalue weighted by molar-refractivity contribution is 5.97. The summed E-state index contributed by atoms with van der Waals surface area (Å²) in [7, 11) is 0. The fraction of sp³-hybridized carbons (Fsp3) is 0.324. The predicted octanol–water partition coefficient (Wildman–Crippen LogP) is 6.00. The van der Waals surface area contributed by atoms with Crippen LogP contribution >= 0.6 is 0 Å². The first-order valence-electron chi connectivity index (χ1n) is 15.3. The van der Waals surface area contributed by atoms with E-state index in [1.54, 1.807) is 69.6 Å². The Bertz CT molecular complexity index is 1640. The van der Waals surface area contributed by atoms with Crippen LogP contribution in [0.2, 0.25) is 0 Å². The molecule has 0 saturated carbocycles. The number of phenolic OH excluding ortho intramolecular Hbond substituents is 1. The van der Waals surface area contributed by atoms with Crippen LogP contribution in [0.1, 0.15) is 69.4 Å². The Morgan fingerprint density at radius 3 is 1.93 bits per heavy atom. The maximum atomic E-state index is 13.3. The zero-order valence-corrected chi connectivity index (χ0v) is 27.3. The Morgan fingerprint density at radius 2 is 1.37 bits per heavy atom. The van der Waals surface area contributed by atoms with E-state index in [0.29, 0.717) is 11.4 Å². The van der Waals surface area contributed by atoms with Gasteiger partial charge in [-0.25, -0.2) is 9.97 Å². The van der Waals surface area contributed by atoms with Crippen LogP contribution in [0.15, 0.2) is 85.2 Å².